The Kier molecular flexibility index (Phi) is 5.29. The first kappa shape index (κ1) is 17.2. The molecule has 3 rings (SSSR count). The number of para-hydroxylation sites is 2. The van der Waals surface area contributed by atoms with Crippen LogP contribution in [0.15, 0.2) is 78.9 Å². The monoisotopic (exact) mass is 346 g/mol. The third-order valence-electron chi connectivity index (χ3n) is 3.73. The minimum absolute atomic E-state index is 0.176. The van der Waals surface area contributed by atoms with E-state index in [-0.39, 0.29) is 11.8 Å². The van der Waals surface area contributed by atoms with Gasteiger partial charge in [0.15, 0.2) is 0 Å². The smallest absolute Gasteiger partial charge is 0.259 e. The zero-order valence-corrected chi connectivity index (χ0v) is 14.2. The molecule has 0 atom stereocenters. The molecule has 0 unspecified atom stereocenters. The molecule has 0 heterocycles. The summed E-state index contributed by atoms with van der Waals surface area (Å²) >= 11 is 0. The van der Waals surface area contributed by atoms with Crippen LogP contribution in [0.4, 0.5) is 5.69 Å². The Morgan fingerprint density at radius 1 is 0.769 bits per heavy atom. The number of hydrogen-bond donors (Lipinski definition) is 2. The molecule has 2 amide bonds. The number of rotatable bonds is 5. The molecule has 130 valence electrons. The largest absolute Gasteiger partial charge is 0.457 e. The topological polar surface area (TPSA) is 67.4 Å². The van der Waals surface area contributed by atoms with E-state index in [0.717, 1.165) is 0 Å². The summed E-state index contributed by atoms with van der Waals surface area (Å²) in [7, 11) is 1.57. The summed E-state index contributed by atoms with van der Waals surface area (Å²) in [6.45, 7) is 0. The predicted molar refractivity (Wildman–Crippen MR) is 101 cm³/mol. The molecular weight excluding hydrogens is 328 g/mol. The van der Waals surface area contributed by atoms with Crippen molar-refractivity contribution in [3.8, 4) is 11.5 Å². The van der Waals surface area contributed by atoms with E-state index in [1.165, 1.54) is 0 Å². The van der Waals surface area contributed by atoms with E-state index in [0.29, 0.717) is 28.3 Å². The molecule has 0 saturated heterocycles. The molecule has 0 aliphatic rings. The summed E-state index contributed by atoms with van der Waals surface area (Å²) in [4.78, 5) is 24.2. The van der Waals surface area contributed by atoms with Crippen molar-refractivity contribution in [2.75, 3.05) is 12.4 Å². The summed E-state index contributed by atoms with van der Waals surface area (Å²) in [5.41, 5.74) is 1.54. The summed E-state index contributed by atoms with van der Waals surface area (Å²) in [5.74, 6) is 0.662. The molecular formula is C21H18N2O3. The van der Waals surface area contributed by atoms with Gasteiger partial charge in [0.05, 0.1) is 5.56 Å². The highest BCUT2D eigenvalue weighted by Crippen LogP contribution is 2.25. The summed E-state index contributed by atoms with van der Waals surface area (Å²) in [6, 6.07) is 23.0. The lowest BCUT2D eigenvalue weighted by atomic mass is 10.1. The lowest BCUT2D eigenvalue weighted by Gasteiger charge is -2.11. The third-order valence-corrected chi connectivity index (χ3v) is 3.73. The Hall–Kier alpha value is -3.60. The van der Waals surface area contributed by atoms with Crippen molar-refractivity contribution in [2.24, 2.45) is 0 Å². The van der Waals surface area contributed by atoms with Crippen LogP contribution in [0.3, 0.4) is 0 Å². The van der Waals surface area contributed by atoms with Gasteiger partial charge >= 0.3 is 0 Å². The second kappa shape index (κ2) is 7.98. The Morgan fingerprint density at radius 3 is 2.12 bits per heavy atom. The van der Waals surface area contributed by atoms with Crippen molar-refractivity contribution in [3.63, 3.8) is 0 Å². The van der Waals surface area contributed by atoms with Crippen LogP contribution >= 0.6 is 0 Å². The van der Waals surface area contributed by atoms with E-state index in [9.17, 15) is 9.59 Å². The normalized spacial score (nSPS) is 10.0. The lowest BCUT2D eigenvalue weighted by molar-refractivity contribution is 0.0962. The van der Waals surface area contributed by atoms with Gasteiger partial charge in [0.25, 0.3) is 11.8 Å². The predicted octanol–water partition coefficient (Wildman–Crippen LogP) is 4.09. The van der Waals surface area contributed by atoms with E-state index >= 15 is 0 Å². The van der Waals surface area contributed by atoms with E-state index in [1.54, 1.807) is 49.5 Å². The van der Waals surface area contributed by atoms with Crippen LogP contribution in [-0.4, -0.2) is 18.9 Å². The molecule has 5 heteroatoms. The van der Waals surface area contributed by atoms with Crippen LogP contribution in [0.25, 0.3) is 0 Å². The van der Waals surface area contributed by atoms with Gasteiger partial charge in [-0.15, -0.1) is 0 Å². The molecule has 3 aromatic rings. The Bertz CT molecular complexity index is 906. The molecule has 0 radical (unpaired) electrons. The fraction of sp³-hybridized carbons (Fsp3) is 0.0476. The zero-order valence-electron chi connectivity index (χ0n) is 14.2. The molecule has 0 aromatic heterocycles. The molecule has 3 aromatic carbocycles. The van der Waals surface area contributed by atoms with Crippen molar-refractivity contribution in [3.05, 3.63) is 90.0 Å². The van der Waals surface area contributed by atoms with Crippen molar-refractivity contribution < 1.29 is 14.3 Å². The first-order chi connectivity index (χ1) is 12.7. The lowest BCUT2D eigenvalue weighted by Crippen LogP contribution is -2.18. The van der Waals surface area contributed by atoms with Crippen LogP contribution < -0.4 is 15.4 Å². The Labute approximate surface area is 151 Å². The van der Waals surface area contributed by atoms with Gasteiger partial charge in [-0.2, -0.15) is 0 Å². The number of ether oxygens (including phenoxy) is 1. The van der Waals surface area contributed by atoms with Gasteiger partial charge in [-0.25, -0.2) is 0 Å². The molecule has 2 N–H and O–H groups in total. The highest BCUT2D eigenvalue weighted by atomic mass is 16.5. The second-order valence-electron chi connectivity index (χ2n) is 5.52. The van der Waals surface area contributed by atoms with Crippen LogP contribution in [0.1, 0.15) is 20.7 Å². The first-order valence-corrected chi connectivity index (χ1v) is 8.13. The Morgan fingerprint density at radius 2 is 1.42 bits per heavy atom. The summed E-state index contributed by atoms with van der Waals surface area (Å²) < 4.78 is 5.82. The minimum atomic E-state index is -0.288. The van der Waals surface area contributed by atoms with Crippen LogP contribution in [-0.2, 0) is 0 Å². The van der Waals surface area contributed by atoms with Crippen molar-refractivity contribution in [1.82, 2.24) is 5.32 Å². The summed E-state index contributed by atoms with van der Waals surface area (Å²) in [6.07, 6.45) is 0. The molecule has 0 saturated carbocycles. The van der Waals surface area contributed by atoms with Gasteiger partial charge in [-0.1, -0.05) is 30.3 Å². The van der Waals surface area contributed by atoms with Gasteiger partial charge in [0, 0.05) is 18.3 Å². The Balaban J connectivity index is 1.77. The zero-order chi connectivity index (χ0) is 18.4. The maximum atomic E-state index is 12.6. The van der Waals surface area contributed by atoms with Crippen molar-refractivity contribution in [1.29, 1.82) is 0 Å². The molecule has 0 spiro atoms. The van der Waals surface area contributed by atoms with Gasteiger partial charge in [0.1, 0.15) is 11.5 Å². The highest BCUT2D eigenvalue weighted by Gasteiger charge is 2.13. The minimum Gasteiger partial charge on any atom is -0.457 e. The molecule has 26 heavy (non-hydrogen) atoms. The molecule has 0 bridgehead atoms. The number of amides is 2. The number of hydrogen-bond acceptors (Lipinski definition) is 3. The number of benzene rings is 3. The van der Waals surface area contributed by atoms with E-state index in [2.05, 4.69) is 10.6 Å². The number of anilines is 1. The highest BCUT2D eigenvalue weighted by molar-refractivity contribution is 6.06. The maximum Gasteiger partial charge on any atom is 0.259 e. The van der Waals surface area contributed by atoms with E-state index in [1.807, 2.05) is 36.4 Å². The quantitative estimate of drug-likeness (QED) is 0.731. The molecule has 0 aliphatic carbocycles. The molecule has 5 nitrogen and oxygen atoms in total. The van der Waals surface area contributed by atoms with Crippen molar-refractivity contribution in [2.45, 2.75) is 0 Å². The van der Waals surface area contributed by atoms with Gasteiger partial charge in [0.2, 0.25) is 0 Å². The van der Waals surface area contributed by atoms with Gasteiger partial charge < -0.3 is 15.4 Å². The SMILES string of the molecule is CNC(=O)c1ccc(NC(=O)c2ccccc2Oc2ccccc2)cc1. The average molecular weight is 346 g/mol. The van der Waals surface area contributed by atoms with Crippen LogP contribution in [0.2, 0.25) is 0 Å². The fourth-order valence-electron chi connectivity index (χ4n) is 2.41. The second-order valence-corrected chi connectivity index (χ2v) is 5.52. The fourth-order valence-corrected chi connectivity index (χ4v) is 2.41. The summed E-state index contributed by atoms with van der Waals surface area (Å²) in [5, 5.41) is 5.37. The van der Waals surface area contributed by atoms with Gasteiger partial charge in [-0.05, 0) is 48.5 Å². The number of carbonyl (C=O) groups is 2. The van der Waals surface area contributed by atoms with Crippen molar-refractivity contribution >= 4 is 17.5 Å². The number of nitrogens with one attached hydrogen (secondary N) is 2. The van der Waals surface area contributed by atoms with Crippen LogP contribution in [0.5, 0.6) is 11.5 Å². The number of carbonyl (C=O) groups excluding carboxylic acids is 2. The first-order valence-electron chi connectivity index (χ1n) is 8.13. The average Bonchev–Trinajstić information content (AvgIpc) is 2.69. The van der Waals surface area contributed by atoms with Gasteiger partial charge in [-0.3, -0.25) is 9.59 Å². The third kappa shape index (κ3) is 4.08. The maximum absolute atomic E-state index is 12.6. The van der Waals surface area contributed by atoms with E-state index < -0.39 is 0 Å². The molecule has 0 aliphatic heterocycles. The van der Waals surface area contributed by atoms with E-state index in [4.69, 9.17) is 4.74 Å². The molecule has 0 fully saturated rings. The van der Waals surface area contributed by atoms with Crippen LogP contribution in [0, 0.1) is 0 Å². The standard InChI is InChI=1S/C21H18N2O3/c1-22-20(24)15-11-13-16(14-12-15)23-21(25)18-9-5-6-10-19(18)26-17-7-3-2-4-8-17/h2-14H,1H3,(H,22,24)(H,23,25).